The molecule has 5 heteroatoms. The quantitative estimate of drug-likeness (QED) is 0.505. The van der Waals surface area contributed by atoms with Crippen LogP contribution in [0.25, 0.3) is 0 Å². The first-order chi connectivity index (χ1) is 6.11. The first-order valence-electron chi connectivity index (χ1n) is 4.54. The van der Waals surface area contributed by atoms with Crippen LogP contribution in [-0.2, 0) is 4.79 Å². The average Bonchev–Trinajstić information content (AvgIpc) is 2.45. The maximum atomic E-state index is 10.9. The summed E-state index contributed by atoms with van der Waals surface area (Å²) in [5, 5.41) is 12.0. The third-order valence-corrected chi connectivity index (χ3v) is 2.69. The van der Waals surface area contributed by atoms with Crippen molar-refractivity contribution in [3.8, 4) is 0 Å². The smallest absolute Gasteiger partial charge is 0.325 e. The van der Waals surface area contributed by atoms with E-state index in [1.54, 1.807) is 0 Å². The van der Waals surface area contributed by atoms with Crippen LogP contribution in [0.1, 0.15) is 12.8 Å². The predicted octanol–water partition coefficient (Wildman–Crippen LogP) is -0.645. The topological polar surface area (TPSA) is 75.3 Å². The van der Waals surface area contributed by atoms with E-state index in [1.165, 1.54) is 0 Å². The molecule has 1 rings (SSSR count). The van der Waals surface area contributed by atoms with Crippen LogP contribution in [0.5, 0.6) is 0 Å². The van der Waals surface area contributed by atoms with Gasteiger partial charge in [0, 0.05) is 19.0 Å². The number of aliphatic carboxylic acids is 1. The highest BCUT2D eigenvalue weighted by molar-refractivity contribution is 6.08. The van der Waals surface area contributed by atoms with Crippen molar-refractivity contribution >= 4 is 13.8 Å². The molecule has 1 saturated heterocycles. The van der Waals surface area contributed by atoms with Gasteiger partial charge in [0.1, 0.15) is 5.54 Å². The number of carboxylic acids is 1. The lowest BCUT2D eigenvalue weighted by molar-refractivity contribution is -0.144. The normalized spacial score (nSPS) is 33.5. The van der Waals surface area contributed by atoms with Gasteiger partial charge in [0.25, 0.3) is 0 Å². The molecular weight excluding hydrogens is 167 g/mol. The van der Waals surface area contributed by atoms with Gasteiger partial charge in [-0.2, -0.15) is 0 Å². The summed E-state index contributed by atoms with van der Waals surface area (Å²) in [5.41, 5.74) is 4.70. The number of carboxylic acid groups (broad SMARTS) is 1. The molecule has 0 aromatic heterocycles. The SMILES string of the molecule is [B]CCC[C@H]1CNC[C@@]1(N)C(=O)O. The molecule has 0 bridgehead atoms. The third-order valence-electron chi connectivity index (χ3n) is 2.69. The molecule has 1 aliphatic rings. The Labute approximate surface area is 79.3 Å². The number of rotatable bonds is 4. The minimum Gasteiger partial charge on any atom is -0.480 e. The van der Waals surface area contributed by atoms with Gasteiger partial charge in [0.05, 0.1) is 7.85 Å². The van der Waals surface area contributed by atoms with E-state index in [2.05, 4.69) is 5.32 Å². The molecule has 1 fully saturated rings. The molecule has 0 spiro atoms. The molecule has 0 saturated carbocycles. The highest BCUT2D eigenvalue weighted by Gasteiger charge is 2.45. The van der Waals surface area contributed by atoms with Crippen LogP contribution in [-0.4, -0.2) is 37.6 Å². The van der Waals surface area contributed by atoms with Crippen molar-refractivity contribution < 1.29 is 9.90 Å². The molecule has 4 nitrogen and oxygen atoms in total. The van der Waals surface area contributed by atoms with E-state index >= 15 is 0 Å². The highest BCUT2D eigenvalue weighted by Crippen LogP contribution is 2.24. The maximum Gasteiger partial charge on any atom is 0.325 e. The lowest BCUT2D eigenvalue weighted by atomic mass is 9.83. The van der Waals surface area contributed by atoms with Crippen molar-refractivity contribution in [1.82, 2.24) is 5.32 Å². The van der Waals surface area contributed by atoms with Crippen molar-refractivity contribution in [2.24, 2.45) is 11.7 Å². The summed E-state index contributed by atoms with van der Waals surface area (Å²) >= 11 is 0. The Bertz CT molecular complexity index is 201. The second kappa shape index (κ2) is 4.11. The van der Waals surface area contributed by atoms with Crippen LogP contribution in [0.3, 0.4) is 0 Å². The standard InChI is InChI=1S/C8H15BN2O2/c9-3-1-2-6-4-11-5-8(6,10)7(12)13/h6,11H,1-5,10H2,(H,12,13)/t6-,8-/m0/s1. The first kappa shape index (κ1) is 10.5. The lowest BCUT2D eigenvalue weighted by Crippen LogP contribution is -2.54. The van der Waals surface area contributed by atoms with Gasteiger partial charge in [-0.05, 0) is 6.42 Å². The molecule has 0 unspecified atom stereocenters. The van der Waals surface area contributed by atoms with E-state index in [1.807, 2.05) is 0 Å². The van der Waals surface area contributed by atoms with Crippen LogP contribution in [0.15, 0.2) is 0 Å². The number of hydrogen-bond donors (Lipinski definition) is 3. The van der Waals surface area contributed by atoms with Crippen LogP contribution in [0.2, 0.25) is 6.32 Å². The fourth-order valence-electron chi connectivity index (χ4n) is 1.75. The van der Waals surface area contributed by atoms with Gasteiger partial charge in [-0.1, -0.05) is 12.7 Å². The highest BCUT2D eigenvalue weighted by atomic mass is 16.4. The van der Waals surface area contributed by atoms with Crippen molar-refractivity contribution in [3.63, 3.8) is 0 Å². The van der Waals surface area contributed by atoms with E-state index in [0.717, 1.165) is 12.8 Å². The van der Waals surface area contributed by atoms with Gasteiger partial charge in [0.2, 0.25) is 0 Å². The van der Waals surface area contributed by atoms with Crippen LogP contribution >= 0.6 is 0 Å². The van der Waals surface area contributed by atoms with Gasteiger partial charge in [-0.15, -0.1) is 0 Å². The van der Waals surface area contributed by atoms with E-state index < -0.39 is 11.5 Å². The number of hydrogen-bond acceptors (Lipinski definition) is 3. The lowest BCUT2D eigenvalue weighted by Gasteiger charge is -2.25. The molecule has 1 aliphatic heterocycles. The molecule has 4 N–H and O–H groups in total. The molecule has 2 radical (unpaired) electrons. The predicted molar refractivity (Wildman–Crippen MR) is 50.7 cm³/mol. The van der Waals surface area contributed by atoms with E-state index in [-0.39, 0.29) is 5.92 Å². The van der Waals surface area contributed by atoms with E-state index in [9.17, 15) is 4.79 Å². The van der Waals surface area contributed by atoms with Crippen molar-refractivity contribution in [2.75, 3.05) is 13.1 Å². The van der Waals surface area contributed by atoms with Gasteiger partial charge < -0.3 is 16.2 Å². The van der Waals surface area contributed by atoms with Gasteiger partial charge >= 0.3 is 5.97 Å². The monoisotopic (exact) mass is 182 g/mol. The Morgan fingerprint density at radius 1 is 1.77 bits per heavy atom. The number of nitrogens with two attached hydrogens (primary N) is 1. The van der Waals surface area contributed by atoms with Crippen LogP contribution < -0.4 is 11.1 Å². The Balaban J connectivity index is 2.57. The molecule has 72 valence electrons. The Morgan fingerprint density at radius 2 is 2.46 bits per heavy atom. The summed E-state index contributed by atoms with van der Waals surface area (Å²) in [6, 6.07) is 0. The summed E-state index contributed by atoms with van der Waals surface area (Å²) in [6.07, 6.45) is 2.21. The molecule has 13 heavy (non-hydrogen) atoms. The molecule has 0 aromatic rings. The Morgan fingerprint density at radius 3 is 3.00 bits per heavy atom. The van der Waals surface area contributed by atoms with Crippen molar-refractivity contribution in [2.45, 2.75) is 24.7 Å². The first-order valence-corrected chi connectivity index (χ1v) is 4.54. The van der Waals surface area contributed by atoms with Crippen LogP contribution in [0.4, 0.5) is 0 Å². The zero-order valence-corrected chi connectivity index (χ0v) is 7.62. The Kier molecular flexibility index (Phi) is 3.33. The zero-order valence-electron chi connectivity index (χ0n) is 7.62. The van der Waals surface area contributed by atoms with Crippen LogP contribution in [0, 0.1) is 5.92 Å². The van der Waals surface area contributed by atoms with Gasteiger partial charge in [-0.25, -0.2) is 0 Å². The number of carbonyl (C=O) groups is 1. The molecule has 1 heterocycles. The van der Waals surface area contributed by atoms with E-state index in [4.69, 9.17) is 18.7 Å². The van der Waals surface area contributed by atoms with E-state index in [0.29, 0.717) is 19.4 Å². The Hall–Kier alpha value is -0.545. The second-order valence-corrected chi connectivity index (χ2v) is 3.60. The largest absolute Gasteiger partial charge is 0.480 e. The molecule has 0 amide bonds. The fourth-order valence-corrected chi connectivity index (χ4v) is 1.75. The second-order valence-electron chi connectivity index (χ2n) is 3.60. The molecule has 0 aliphatic carbocycles. The fraction of sp³-hybridized carbons (Fsp3) is 0.875. The summed E-state index contributed by atoms with van der Waals surface area (Å²) in [7, 11) is 5.36. The summed E-state index contributed by atoms with van der Waals surface area (Å²) in [5.74, 6) is -0.909. The summed E-state index contributed by atoms with van der Waals surface area (Å²) in [4.78, 5) is 10.9. The van der Waals surface area contributed by atoms with Gasteiger partial charge in [0.15, 0.2) is 0 Å². The minimum absolute atomic E-state index is 0.00792. The average molecular weight is 182 g/mol. The summed E-state index contributed by atoms with van der Waals surface area (Å²) < 4.78 is 0. The summed E-state index contributed by atoms with van der Waals surface area (Å²) in [6.45, 7) is 1.04. The van der Waals surface area contributed by atoms with Crippen molar-refractivity contribution in [1.29, 1.82) is 0 Å². The molecule has 0 aromatic carbocycles. The van der Waals surface area contributed by atoms with Gasteiger partial charge in [-0.3, -0.25) is 4.79 Å². The van der Waals surface area contributed by atoms with Crippen molar-refractivity contribution in [3.05, 3.63) is 0 Å². The number of nitrogens with one attached hydrogen (secondary N) is 1. The minimum atomic E-state index is -1.09. The maximum absolute atomic E-state index is 10.9. The zero-order chi connectivity index (χ0) is 9.90. The third kappa shape index (κ3) is 2.03. The molecule has 2 atom stereocenters. The molecular formula is C8H15BN2O2.